The van der Waals surface area contributed by atoms with E-state index < -0.39 is 0 Å². The lowest BCUT2D eigenvalue weighted by Crippen LogP contribution is -2.32. The van der Waals surface area contributed by atoms with Gasteiger partial charge in [-0.1, -0.05) is 26.0 Å². The Hall–Kier alpha value is -0.130. The molecule has 1 aromatic rings. The second-order valence-electron chi connectivity index (χ2n) is 4.49. The Bertz CT molecular complexity index is 310. The number of benzene rings is 1. The molecule has 2 N–H and O–H groups in total. The van der Waals surface area contributed by atoms with Crippen molar-refractivity contribution in [3.8, 4) is 0 Å². The van der Waals surface area contributed by atoms with E-state index in [2.05, 4.69) is 59.1 Å². The molecule has 1 rings (SSSR count). The Morgan fingerprint density at radius 1 is 1.19 bits per heavy atom. The van der Waals surface area contributed by atoms with Crippen LogP contribution in [0, 0.1) is 9.49 Å². The van der Waals surface area contributed by atoms with Crippen molar-refractivity contribution in [3.63, 3.8) is 0 Å². The van der Waals surface area contributed by atoms with Crippen LogP contribution < -0.4 is 5.32 Å². The second-order valence-corrected chi connectivity index (χ2v) is 5.74. The number of aliphatic hydroxyl groups excluding tert-OH is 1. The number of rotatable bonds is 5. The van der Waals surface area contributed by atoms with Crippen LogP contribution in [-0.2, 0) is 0 Å². The molecule has 3 heteroatoms. The molecule has 2 nitrogen and oxygen atoms in total. The van der Waals surface area contributed by atoms with E-state index in [9.17, 15) is 5.11 Å². The fourth-order valence-corrected chi connectivity index (χ4v) is 1.76. The van der Waals surface area contributed by atoms with Gasteiger partial charge in [0, 0.05) is 16.2 Å². The van der Waals surface area contributed by atoms with Gasteiger partial charge in [0.15, 0.2) is 0 Å². The molecule has 0 aliphatic carbocycles. The molecule has 0 amide bonds. The Morgan fingerprint density at radius 3 is 2.25 bits per heavy atom. The third-order valence-corrected chi connectivity index (χ3v) is 3.49. The van der Waals surface area contributed by atoms with Crippen molar-refractivity contribution in [2.75, 3.05) is 6.54 Å². The zero-order valence-electron chi connectivity index (χ0n) is 10.1. The highest BCUT2D eigenvalue weighted by Crippen LogP contribution is 2.14. The quantitative estimate of drug-likeness (QED) is 0.812. The summed E-state index contributed by atoms with van der Waals surface area (Å²) in [6.45, 7) is 6.82. The lowest BCUT2D eigenvalue weighted by molar-refractivity contribution is 0.120. The Balaban J connectivity index is 2.46. The maximum absolute atomic E-state index is 9.70. The van der Waals surface area contributed by atoms with Crippen LogP contribution in [-0.4, -0.2) is 17.8 Å². The maximum Gasteiger partial charge on any atom is 0.0687 e. The summed E-state index contributed by atoms with van der Waals surface area (Å²) in [5.41, 5.74) is 1.26. The molecule has 2 atom stereocenters. The van der Waals surface area contributed by atoms with E-state index in [-0.39, 0.29) is 12.1 Å². The normalized spacial score (nSPS) is 15.1. The van der Waals surface area contributed by atoms with Crippen molar-refractivity contribution in [3.05, 3.63) is 33.4 Å². The molecular weight excluding hydrogens is 313 g/mol. The first-order valence-corrected chi connectivity index (χ1v) is 6.75. The molecule has 0 fully saturated rings. The topological polar surface area (TPSA) is 32.3 Å². The van der Waals surface area contributed by atoms with Gasteiger partial charge < -0.3 is 10.4 Å². The van der Waals surface area contributed by atoms with Crippen LogP contribution in [0.3, 0.4) is 0 Å². The van der Waals surface area contributed by atoms with Gasteiger partial charge in [0.2, 0.25) is 0 Å². The van der Waals surface area contributed by atoms with Crippen LogP contribution in [0.25, 0.3) is 0 Å². The smallest absolute Gasteiger partial charge is 0.0687 e. The highest BCUT2D eigenvalue weighted by Gasteiger charge is 2.11. The standard InChI is InChI=1S/C13H20INO/c1-9(2)13(16)8-15-10(3)11-4-6-12(14)7-5-11/h4-7,9-10,13,15-16H,8H2,1-3H3. The van der Waals surface area contributed by atoms with E-state index >= 15 is 0 Å². The maximum atomic E-state index is 9.70. The number of halogens is 1. The van der Waals surface area contributed by atoms with Gasteiger partial charge in [-0.15, -0.1) is 0 Å². The summed E-state index contributed by atoms with van der Waals surface area (Å²) in [6, 6.07) is 8.74. The summed E-state index contributed by atoms with van der Waals surface area (Å²) in [7, 11) is 0. The van der Waals surface area contributed by atoms with Gasteiger partial charge >= 0.3 is 0 Å². The van der Waals surface area contributed by atoms with Crippen LogP contribution in [0.2, 0.25) is 0 Å². The van der Waals surface area contributed by atoms with E-state index in [0.717, 1.165) is 0 Å². The van der Waals surface area contributed by atoms with E-state index in [1.807, 2.05) is 13.8 Å². The summed E-state index contributed by atoms with van der Waals surface area (Å²) < 4.78 is 1.25. The Kier molecular flexibility index (Phi) is 5.72. The van der Waals surface area contributed by atoms with Gasteiger partial charge in [-0.25, -0.2) is 0 Å². The molecule has 2 unspecified atom stereocenters. The van der Waals surface area contributed by atoms with E-state index in [1.54, 1.807) is 0 Å². The second kappa shape index (κ2) is 6.57. The summed E-state index contributed by atoms with van der Waals surface area (Å²) in [4.78, 5) is 0. The summed E-state index contributed by atoms with van der Waals surface area (Å²) in [5.74, 6) is 0.302. The van der Waals surface area contributed by atoms with E-state index in [1.165, 1.54) is 9.13 Å². The molecule has 0 spiro atoms. The zero-order valence-corrected chi connectivity index (χ0v) is 12.2. The molecule has 0 aromatic heterocycles. The lowest BCUT2D eigenvalue weighted by Gasteiger charge is -2.19. The van der Waals surface area contributed by atoms with Crippen molar-refractivity contribution >= 4 is 22.6 Å². The van der Waals surface area contributed by atoms with Gasteiger partial charge in [0.05, 0.1) is 6.10 Å². The molecule has 0 radical (unpaired) electrons. The highest BCUT2D eigenvalue weighted by atomic mass is 127. The van der Waals surface area contributed by atoms with Gasteiger partial charge in [0.25, 0.3) is 0 Å². The highest BCUT2D eigenvalue weighted by molar-refractivity contribution is 14.1. The van der Waals surface area contributed by atoms with Crippen LogP contribution >= 0.6 is 22.6 Å². The van der Waals surface area contributed by atoms with Crippen molar-refractivity contribution in [1.82, 2.24) is 5.32 Å². The monoisotopic (exact) mass is 333 g/mol. The predicted molar refractivity (Wildman–Crippen MR) is 76.4 cm³/mol. The van der Waals surface area contributed by atoms with E-state index in [0.29, 0.717) is 12.5 Å². The third-order valence-electron chi connectivity index (χ3n) is 2.77. The third kappa shape index (κ3) is 4.39. The minimum absolute atomic E-state index is 0.272. The SMILES string of the molecule is CC(NCC(O)C(C)C)c1ccc(I)cc1. The van der Waals surface area contributed by atoms with Crippen molar-refractivity contribution in [2.45, 2.75) is 32.9 Å². The number of aliphatic hydroxyl groups is 1. The molecule has 0 bridgehead atoms. The molecule has 16 heavy (non-hydrogen) atoms. The molecular formula is C13H20INO. The van der Waals surface area contributed by atoms with Crippen molar-refractivity contribution in [2.24, 2.45) is 5.92 Å². The first kappa shape index (κ1) is 13.9. The van der Waals surface area contributed by atoms with Crippen LogP contribution in [0.1, 0.15) is 32.4 Å². The first-order valence-electron chi connectivity index (χ1n) is 5.67. The Morgan fingerprint density at radius 2 is 1.75 bits per heavy atom. The summed E-state index contributed by atoms with van der Waals surface area (Å²) >= 11 is 2.30. The molecule has 0 heterocycles. The minimum atomic E-state index is -0.272. The number of nitrogens with one attached hydrogen (secondary N) is 1. The average molecular weight is 333 g/mol. The Labute approximate surface area is 112 Å². The summed E-state index contributed by atoms with van der Waals surface area (Å²) in [6.07, 6.45) is -0.272. The zero-order chi connectivity index (χ0) is 12.1. The minimum Gasteiger partial charge on any atom is -0.392 e. The van der Waals surface area contributed by atoms with Crippen molar-refractivity contribution < 1.29 is 5.11 Å². The number of hydrogen-bond acceptors (Lipinski definition) is 2. The molecule has 1 aromatic carbocycles. The summed E-state index contributed by atoms with van der Waals surface area (Å²) in [5, 5.41) is 13.0. The molecule has 0 saturated carbocycles. The fraction of sp³-hybridized carbons (Fsp3) is 0.538. The van der Waals surface area contributed by atoms with Gasteiger partial charge in [0.1, 0.15) is 0 Å². The van der Waals surface area contributed by atoms with Crippen LogP contribution in [0.15, 0.2) is 24.3 Å². The van der Waals surface area contributed by atoms with Crippen molar-refractivity contribution in [1.29, 1.82) is 0 Å². The van der Waals surface area contributed by atoms with Crippen LogP contribution in [0.4, 0.5) is 0 Å². The molecule has 90 valence electrons. The average Bonchev–Trinajstić information content (AvgIpc) is 2.26. The predicted octanol–water partition coefficient (Wildman–Crippen LogP) is 2.96. The lowest BCUT2D eigenvalue weighted by atomic mass is 10.1. The van der Waals surface area contributed by atoms with Gasteiger partial charge in [-0.05, 0) is 53.1 Å². The molecule has 0 saturated heterocycles. The number of hydrogen-bond donors (Lipinski definition) is 2. The molecule has 0 aliphatic rings. The largest absolute Gasteiger partial charge is 0.392 e. The first-order chi connectivity index (χ1) is 7.50. The van der Waals surface area contributed by atoms with Gasteiger partial charge in [-0.2, -0.15) is 0 Å². The van der Waals surface area contributed by atoms with Crippen LogP contribution in [0.5, 0.6) is 0 Å². The van der Waals surface area contributed by atoms with E-state index in [4.69, 9.17) is 0 Å². The molecule has 0 aliphatic heterocycles. The van der Waals surface area contributed by atoms with Gasteiger partial charge in [-0.3, -0.25) is 0 Å². The fourth-order valence-electron chi connectivity index (χ4n) is 1.40.